The number of nitrogens with zero attached hydrogens (tertiary/aromatic N) is 3. The second-order valence-electron chi connectivity index (χ2n) is 8.74. The van der Waals surface area contributed by atoms with E-state index in [1.807, 2.05) is 13.8 Å². The van der Waals surface area contributed by atoms with Crippen molar-refractivity contribution in [2.24, 2.45) is 7.05 Å². The summed E-state index contributed by atoms with van der Waals surface area (Å²) in [4.78, 5) is 14.1. The Balaban J connectivity index is 1.94. The molecule has 0 aliphatic carbocycles. The van der Waals surface area contributed by atoms with E-state index in [1.165, 1.54) is 11.8 Å². The second-order valence-corrected chi connectivity index (χ2v) is 10.4. The van der Waals surface area contributed by atoms with Crippen molar-refractivity contribution >= 4 is 21.9 Å². The molecule has 1 aliphatic heterocycles. The smallest absolute Gasteiger partial charge is 0.410 e. The topological polar surface area (TPSA) is 103 Å². The lowest BCUT2D eigenvalue weighted by Crippen LogP contribution is -2.40. The first kappa shape index (κ1) is 22.9. The quantitative estimate of drug-likeness (QED) is 0.768. The van der Waals surface area contributed by atoms with Crippen LogP contribution in [-0.4, -0.2) is 48.4 Å². The van der Waals surface area contributed by atoms with Crippen molar-refractivity contribution in [1.29, 1.82) is 0 Å². The number of aromatic nitrogens is 2. The fourth-order valence-corrected chi connectivity index (χ4v) is 4.79. The Hall–Kier alpha value is -2.75. The number of ether oxygens (including phenoxy) is 2. The Morgan fingerprint density at radius 1 is 1.19 bits per heavy atom. The number of amides is 1. The lowest BCUT2D eigenvalue weighted by molar-refractivity contribution is 0.0224. The van der Waals surface area contributed by atoms with Gasteiger partial charge in [0.2, 0.25) is 0 Å². The first-order valence-corrected chi connectivity index (χ1v) is 11.5. The highest BCUT2D eigenvalue weighted by Crippen LogP contribution is 2.32. The van der Waals surface area contributed by atoms with Crippen molar-refractivity contribution in [1.82, 2.24) is 14.7 Å². The molecule has 10 heteroatoms. The van der Waals surface area contributed by atoms with Gasteiger partial charge in [-0.25, -0.2) is 13.2 Å². The van der Waals surface area contributed by atoms with Crippen LogP contribution in [0.3, 0.4) is 0 Å². The van der Waals surface area contributed by atoms with E-state index < -0.39 is 21.7 Å². The number of fused-ring (bicyclic) bond motifs is 1. The molecular formula is C21H30N4O5S. The fourth-order valence-electron chi connectivity index (χ4n) is 3.43. The van der Waals surface area contributed by atoms with Gasteiger partial charge >= 0.3 is 6.09 Å². The molecule has 170 valence electrons. The fraction of sp³-hybridized carbons (Fsp3) is 0.524. The molecular weight excluding hydrogens is 420 g/mol. The summed E-state index contributed by atoms with van der Waals surface area (Å²) in [7, 11) is -0.848. The van der Waals surface area contributed by atoms with Crippen molar-refractivity contribution in [3.05, 3.63) is 34.5 Å². The number of benzene rings is 1. The molecule has 0 bridgehead atoms. The molecule has 0 fully saturated rings. The van der Waals surface area contributed by atoms with Crippen molar-refractivity contribution in [2.75, 3.05) is 18.4 Å². The first-order valence-electron chi connectivity index (χ1n) is 10.0. The highest BCUT2D eigenvalue weighted by atomic mass is 32.2. The van der Waals surface area contributed by atoms with E-state index in [4.69, 9.17) is 9.47 Å². The van der Waals surface area contributed by atoms with Crippen LogP contribution >= 0.6 is 0 Å². The van der Waals surface area contributed by atoms with Gasteiger partial charge < -0.3 is 14.4 Å². The summed E-state index contributed by atoms with van der Waals surface area (Å²) < 4.78 is 41.4. The highest BCUT2D eigenvalue weighted by molar-refractivity contribution is 7.92. The van der Waals surface area contributed by atoms with Gasteiger partial charge in [0.05, 0.1) is 19.3 Å². The molecule has 0 saturated heterocycles. The lowest BCUT2D eigenvalue weighted by atomic mass is 10.1. The average Bonchev–Trinajstić information content (AvgIpc) is 2.96. The zero-order valence-corrected chi connectivity index (χ0v) is 19.9. The number of carbonyl (C=O) groups excluding carboxylic acids is 1. The van der Waals surface area contributed by atoms with E-state index in [9.17, 15) is 13.2 Å². The van der Waals surface area contributed by atoms with Crippen molar-refractivity contribution < 1.29 is 22.7 Å². The maximum absolute atomic E-state index is 13.2. The summed E-state index contributed by atoms with van der Waals surface area (Å²) in [5.74, 6) is 0.588. The molecule has 0 saturated carbocycles. The van der Waals surface area contributed by atoms with Gasteiger partial charge in [-0.05, 0) is 57.9 Å². The molecule has 2 aromatic rings. The number of aryl methyl sites for hydroxylation is 3. The SMILES string of the molecule is COc1cc(C)c(C)cc1S(=O)(=O)Nc1c2c(nn1C)CCN(C(=O)OC(C)(C)C)C2. The van der Waals surface area contributed by atoms with E-state index >= 15 is 0 Å². The van der Waals surface area contributed by atoms with Gasteiger partial charge in [-0.2, -0.15) is 5.10 Å². The zero-order valence-electron chi connectivity index (χ0n) is 19.1. The Labute approximate surface area is 183 Å². The molecule has 3 rings (SSSR count). The predicted octanol–water partition coefficient (Wildman–Crippen LogP) is 3.14. The monoisotopic (exact) mass is 450 g/mol. The van der Waals surface area contributed by atoms with Crippen molar-refractivity contribution in [2.45, 2.75) is 58.1 Å². The van der Waals surface area contributed by atoms with Crippen LogP contribution in [0.25, 0.3) is 0 Å². The van der Waals surface area contributed by atoms with E-state index in [-0.39, 0.29) is 17.2 Å². The minimum Gasteiger partial charge on any atom is -0.495 e. The maximum atomic E-state index is 13.2. The highest BCUT2D eigenvalue weighted by Gasteiger charge is 2.31. The molecule has 0 spiro atoms. The van der Waals surface area contributed by atoms with Gasteiger partial charge in [0.25, 0.3) is 10.0 Å². The first-order chi connectivity index (χ1) is 14.3. The molecule has 1 aromatic heterocycles. The maximum Gasteiger partial charge on any atom is 0.410 e. The molecule has 2 heterocycles. The van der Waals surface area contributed by atoms with Crippen LogP contribution in [-0.2, 0) is 34.8 Å². The standard InChI is InChI=1S/C21H30N4O5S/c1-13-10-17(29-7)18(11-14(13)2)31(27,28)23-19-15-12-25(20(26)30-21(3,4)5)9-8-16(15)22-24(19)6/h10-11,23H,8-9,12H2,1-7H3. The van der Waals surface area contributed by atoms with Gasteiger partial charge in [-0.3, -0.25) is 9.40 Å². The van der Waals surface area contributed by atoms with Gasteiger partial charge in [0, 0.05) is 25.6 Å². The van der Waals surface area contributed by atoms with Gasteiger partial charge in [0.15, 0.2) is 0 Å². The number of anilines is 1. The van der Waals surface area contributed by atoms with E-state index in [1.54, 1.807) is 44.9 Å². The van der Waals surface area contributed by atoms with Crippen LogP contribution < -0.4 is 9.46 Å². The van der Waals surface area contributed by atoms with Gasteiger partial charge in [0.1, 0.15) is 22.1 Å². The van der Waals surface area contributed by atoms with Gasteiger partial charge in [-0.15, -0.1) is 0 Å². The summed E-state index contributed by atoms with van der Waals surface area (Å²) in [6, 6.07) is 3.29. The second kappa shape index (κ2) is 8.07. The molecule has 0 atom stereocenters. The van der Waals surface area contributed by atoms with E-state index in [2.05, 4.69) is 9.82 Å². The summed E-state index contributed by atoms with van der Waals surface area (Å²) in [6.45, 7) is 9.82. The van der Waals surface area contributed by atoms with Gasteiger partial charge in [-0.1, -0.05) is 0 Å². The Morgan fingerprint density at radius 3 is 2.45 bits per heavy atom. The molecule has 1 amide bonds. The number of rotatable bonds is 4. The molecule has 31 heavy (non-hydrogen) atoms. The zero-order chi connectivity index (χ0) is 23.1. The number of hydrogen-bond acceptors (Lipinski definition) is 6. The van der Waals surface area contributed by atoms with E-state index in [0.29, 0.717) is 24.3 Å². The molecule has 1 N–H and O–H groups in total. The molecule has 1 aliphatic rings. The van der Waals surface area contributed by atoms with Crippen LogP contribution in [0, 0.1) is 13.8 Å². The molecule has 1 aromatic carbocycles. The summed E-state index contributed by atoms with van der Waals surface area (Å²) in [5, 5.41) is 4.45. The third kappa shape index (κ3) is 4.79. The minimum atomic E-state index is -3.96. The van der Waals surface area contributed by atoms with Crippen LogP contribution in [0.2, 0.25) is 0 Å². The number of carbonyl (C=O) groups is 1. The number of methoxy groups -OCH3 is 1. The molecule has 0 radical (unpaired) electrons. The number of sulfonamides is 1. The number of hydrogen-bond donors (Lipinski definition) is 1. The van der Waals surface area contributed by atoms with Crippen LogP contribution in [0.1, 0.15) is 43.2 Å². The Kier molecular flexibility index (Phi) is 5.96. The minimum absolute atomic E-state index is 0.0489. The third-order valence-electron chi connectivity index (χ3n) is 5.15. The summed E-state index contributed by atoms with van der Waals surface area (Å²) in [5.41, 5.74) is 2.57. The molecule has 9 nitrogen and oxygen atoms in total. The molecule has 0 unspecified atom stereocenters. The van der Waals surface area contributed by atoms with E-state index in [0.717, 1.165) is 16.8 Å². The van der Waals surface area contributed by atoms with Crippen LogP contribution in [0.5, 0.6) is 5.75 Å². The number of nitrogens with one attached hydrogen (secondary N) is 1. The van der Waals surface area contributed by atoms with Crippen LogP contribution in [0.15, 0.2) is 17.0 Å². The average molecular weight is 451 g/mol. The normalized spacial score (nSPS) is 14.2. The Morgan fingerprint density at radius 2 is 1.84 bits per heavy atom. The van der Waals surface area contributed by atoms with Crippen LogP contribution in [0.4, 0.5) is 10.6 Å². The summed E-state index contributed by atoms with van der Waals surface area (Å²) in [6.07, 6.45) is 0.0727. The lowest BCUT2D eigenvalue weighted by Gasteiger charge is -2.30. The third-order valence-corrected chi connectivity index (χ3v) is 6.51. The van der Waals surface area contributed by atoms with Crippen molar-refractivity contribution in [3.8, 4) is 5.75 Å². The Bertz CT molecular complexity index is 1120. The predicted molar refractivity (Wildman–Crippen MR) is 117 cm³/mol. The largest absolute Gasteiger partial charge is 0.495 e. The van der Waals surface area contributed by atoms with Crippen molar-refractivity contribution in [3.63, 3.8) is 0 Å². The summed E-state index contributed by atoms with van der Waals surface area (Å²) >= 11 is 0.